The zero-order chi connectivity index (χ0) is 15.5. The summed E-state index contributed by atoms with van der Waals surface area (Å²) in [6.45, 7) is 0.841. The lowest BCUT2D eigenvalue weighted by atomic mass is 10.1. The molecule has 0 unspecified atom stereocenters. The molecule has 0 radical (unpaired) electrons. The van der Waals surface area contributed by atoms with Crippen molar-refractivity contribution < 1.29 is 27.9 Å². The van der Waals surface area contributed by atoms with Gasteiger partial charge < -0.3 is 10.0 Å². The van der Waals surface area contributed by atoms with Gasteiger partial charge in [-0.15, -0.1) is 0 Å². The normalized spacial score (nSPS) is 11.2. The van der Waals surface area contributed by atoms with E-state index >= 15 is 0 Å². The minimum atomic E-state index is -4.70. The molecule has 0 heterocycles. The van der Waals surface area contributed by atoms with Crippen LogP contribution in [-0.2, 0) is 11.0 Å². The molecule has 0 fully saturated rings. The first-order valence-electron chi connectivity index (χ1n) is 5.54. The van der Waals surface area contributed by atoms with Crippen LogP contribution >= 0.6 is 15.9 Å². The number of likely N-dealkylation sites (N-methyl/N-ethyl adjacent to an activating group) is 1. The number of aliphatic carboxylic acids is 1. The molecular weight excluding hydrogens is 343 g/mol. The Morgan fingerprint density at radius 1 is 1.35 bits per heavy atom. The monoisotopic (exact) mass is 353 g/mol. The van der Waals surface area contributed by atoms with Gasteiger partial charge in [0.15, 0.2) is 0 Å². The summed E-state index contributed by atoms with van der Waals surface area (Å²) < 4.78 is 38.9. The lowest BCUT2D eigenvalue weighted by Gasteiger charge is -2.21. The van der Waals surface area contributed by atoms with Crippen LogP contribution in [0.25, 0.3) is 0 Å². The molecule has 0 aliphatic carbocycles. The molecule has 1 amide bonds. The number of carbonyl (C=O) groups excluding carboxylic acids is 1. The van der Waals surface area contributed by atoms with Gasteiger partial charge in [-0.25, -0.2) is 0 Å². The molecule has 1 rings (SSSR count). The lowest BCUT2D eigenvalue weighted by Crippen LogP contribution is -2.36. The highest BCUT2D eigenvalue weighted by atomic mass is 79.9. The van der Waals surface area contributed by atoms with Crippen LogP contribution in [-0.4, -0.2) is 35.0 Å². The van der Waals surface area contributed by atoms with Gasteiger partial charge in [-0.2, -0.15) is 13.2 Å². The van der Waals surface area contributed by atoms with E-state index in [9.17, 15) is 22.8 Å². The van der Waals surface area contributed by atoms with Crippen LogP contribution in [0.3, 0.4) is 0 Å². The number of halogens is 4. The van der Waals surface area contributed by atoms with Crippen LogP contribution in [0.5, 0.6) is 0 Å². The summed E-state index contributed by atoms with van der Waals surface area (Å²) in [6, 6.07) is 3.12. The van der Waals surface area contributed by atoms with Gasteiger partial charge in [-0.3, -0.25) is 9.59 Å². The van der Waals surface area contributed by atoms with Crippen molar-refractivity contribution in [3.05, 3.63) is 33.8 Å². The Labute approximate surface area is 121 Å². The molecule has 0 spiro atoms. The van der Waals surface area contributed by atoms with E-state index in [2.05, 4.69) is 15.9 Å². The predicted molar refractivity (Wildman–Crippen MR) is 68.4 cm³/mol. The number of benzene rings is 1. The van der Waals surface area contributed by atoms with Crippen LogP contribution in [0.2, 0.25) is 0 Å². The number of carboxylic acids is 1. The number of hydrogen-bond donors (Lipinski definition) is 1. The fourth-order valence-corrected chi connectivity index (χ4v) is 1.96. The SMILES string of the molecule is CCN(CC(=O)O)C(=O)c1ccc(Br)cc1C(F)(F)F. The molecule has 0 saturated carbocycles. The largest absolute Gasteiger partial charge is 0.480 e. The van der Waals surface area contributed by atoms with Crippen molar-refractivity contribution in [1.29, 1.82) is 0 Å². The van der Waals surface area contributed by atoms with Gasteiger partial charge in [0.2, 0.25) is 0 Å². The van der Waals surface area contributed by atoms with E-state index in [0.29, 0.717) is 0 Å². The van der Waals surface area contributed by atoms with Crippen molar-refractivity contribution in [2.45, 2.75) is 13.1 Å². The van der Waals surface area contributed by atoms with Gasteiger partial charge >= 0.3 is 12.1 Å². The summed E-state index contributed by atoms with van der Waals surface area (Å²) in [4.78, 5) is 23.5. The first-order valence-corrected chi connectivity index (χ1v) is 6.34. The highest BCUT2D eigenvalue weighted by molar-refractivity contribution is 9.10. The highest BCUT2D eigenvalue weighted by Gasteiger charge is 2.36. The van der Waals surface area contributed by atoms with E-state index in [1.54, 1.807) is 0 Å². The number of alkyl halides is 3. The number of amides is 1. The summed E-state index contributed by atoms with van der Waals surface area (Å²) in [6.07, 6.45) is -4.70. The van der Waals surface area contributed by atoms with E-state index in [-0.39, 0.29) is 11.0 Å². The third-order valence-corrected chi connectivity index (χ3v) is 3.01. The highest BCUT2D eigenvalue weighted by Crippen LogP contribution is 2.34. The fraction of sp³-hybridized carbons (Fsp3) is 0.333. The van der Waals surface area contributed by atoms with Gasteiger partial charge in [0.1, 0.15) is 6.54 Å². The molecule has 0 saturated heterocycles. The van der Waals surface area contributed by atoms with Crippen molar-refractivity contribution in [3.63, 3.8) is 0 Å². The van der Waals surface area contributed by atoms with Gasteiger partial charge in [-0.05, 0) is 25.1 Å². The Morgan fingerprint density at radius 2 is 1.95 bits per heavy atom. The second kappa shape index (κ2) is 6.25. The maximum absolute atomic E-state index is 12.9. The number of nitrogens with zero attached hydrogens (tertiary/aromatic N) is 1. The number of carbonyl (C=O) groups is 2. The Bertz CT molecular complexity index is 531. The third kappa shape index (κ3) is 3.96. The van der Waals surface area contributed by atoms with Crippen LogP contribution < -0.4 is 0 Å². The molecule has 20 heavy (non-hydrogen) atoms. The Morgan fingerprint density at radius 3 is 2.40 bits per heavy atom. The Balaban J connectivity index is 3.24. The van der Waals surface area contributed by atoms with E-state index < -0.39 is 35.7 Å². The van der Waals surface area contributed by atoms with E-state index in [1.165, 1.54) is 13.0 Å². The van der Waals surface area contributed by atoms with Crippen molar-refractivity contribution in [2.75, 3.05) is 13.1 Å². The molecule has 0 aliphatic heterocycles. The minimum absolute atomic E-state index is 0.00149. The molecule has 0 bridgehead atoms. The average molecular weight is 354 g/mol. The number of hydrogen-bond acceptors (Lipinski definition) is 2. The minimum Gasteiger partial charge on any atom is -0.480 e. The zero-order valence-corrected chi connectivity index (χ0v) is 12.0. The summed E-state index contributed by atoms with van der Waals surface area (Å²) in [7, 11) is 0. The van der Waals surface area contributed by atoms with Crippen molar-refractivity contribution in [3.8, 4) is 0 Å². The van der Waals surface area contributed by atoms with Crippen molar-refractivity contribution in [1.82, 2.24) is 4.90 Å². The van der Waals surface area contributed by atoms with Crippen LogP contribution in [0, 0.1) is 0 Å². The van der Waals surface area contributed by atoms with E-state index in [0.717, 1.165) is 17.0 Å². The molecule has 0 aliphatic rings. The molecule has 110 valence electrons. The van der Waals surface area contributed by atoms with Crippen molar-refractivity contribution >= 4 is 27.8 Å². The summed E-state index contributed by atoms with van der Waals surface area (Å²) in [5, 5.41) is 8.66. The first-order chi connectivity index (χ1) is 9.16. The van der Waals surface area contributed by atoms with Crippen molar-refractivity contribution in [2.24, 2.45) is 0 Å². The number of carboxylic acid groups (broad SMARTS) is 1. The van der Waals surface area contributed by atoms with E-state index in [1.807, 2.05) is 0 Å². The topological polar surface area (TPSA) is 57.6 Å². The molecule has 1 N–H and O–H groups in total. The van der Waals surface area contributed by atoms with E-state index in [4.69, 9.17) is 5.11 Å². The van der Waals surface area contributed by atoms with Gasteiger partial charge in [-0.1, -0.05) is 15.9 Å². The summed E-state index contributed by atoms with van der Waals surface area (Å²) in [5.74, 6) is -2.25. The quantitative estimate of drug-likeness (QED) is 0.905. The van der Waals surface area contributed by atoms with Crippen LogP contribution in [0.15, 0.2) is 22.7 Å². The van der Waals surface area contributed by atoms with Gasteiger partial charge in [0, 0.05) is 11.0 Å². The summed E-state index contributed by atoms with van der Waals surface area (Å²) >= 11 is 2.91. The van der Waals surface area contributed by atoms with Gasteiger partial charge in [0.05, 0.1) is 11.1 Å². The molecule has 1 aromatic rings. The second-order valence-electron chi connectivity index (χ2n) is 3.90. The average Bonchev–Trinajstić information content (AvgIpc) is 2.33. The first kappa shape index (κ1) is 16.5. The van der Waals surface area contributed by atoms with Crippen LogP contribution in [0.4, 0.5) is 13.2 Å². The third-order valence-electron chi connectivity index (χ3n) is 2.51. The maximum atomic E-state index is 12.9. The molecule has 4 nitrogen and oxygen atoms in total. The lowest BCUT2D eigenvalue weighted by molar-refractivity contribution is -0.138. The molecule has 8 heteroatoms. The zero-order valence-electron chi connectivity index (χ0n) is 10.4. The predicted octanol–water partition coefficient (Wildman–Crippen LogP) is 3.01. The second-order valence-corrected chi connectivity index (χ2v) is 4.82. The molecule has 1 aromatic carbocycles. The standard InChI is InChI=1S/C12H11BrF3NO3/c1-2-17(6-10(18)19)11(20)8-4-3-7(13)5-9(8)12(14,15)16/h3-5H,2,6H2,1H3,(H,18,19). The molecule has 0 atom stereocenters. The Kier molecular flexibility index (Phi) is 5.15. The van der Waals surface area contributed by atoms with Gasteiger partial charge in [0.25, 0.3) is 5.91 Å². The van der Waals surface area contributed by atoms with Crippen LogP contribution in [0.1, 0.15) is 22.8 Å². The number of rotatable bonds is 4. The molecular formula is C12H11BrF3NO3. The molecule has 0 aromatic heterocycles. The fourth-order valence-electron chi connectivity index (χ4n) is 1.60. The maximum Gasteiger partial charge on any atom is 0.417 e. The summed E-state index contributed by atoms with van der Waals surface area (Å²) in [5.41, 5.74) is -1.66. The Hall–Kier alpha value is -1.57. The smallest absolute Gasteiger partial charge is 0.417 e.